The molecule has 1 heterocycles. The van der Waals surface area contributed by atoms with Crippen molar-refractivity contribution >= 4 is 22.5 Å². The Morgan fingerprint density at radius 1 is 0.973 bits per heavy atom. The lowest BCUT2D eigenvalue weighted by Crippen LogP contribution is -2.52. The second-order valence-electron chi connectivity index (χ2n) is 11.0. The lowest BCUT2D eigenvalue weighted by Gasteiger charge is -2.62. The largest absolute Gasteiger partial charge is 0.455 e. The summed E-state index contributed by atoms with van der Waals surface area (Å²) >= 11 is 0. The van der Waals surface area contributed by atoms with Gasteiger partial charge in [0.15, 0.2) is 11.6 Å². The highest BCUT2D eigenvalue weighted by atomic mass is 16.5. The van der Waals surface area contributed by atoms with Gasteiger partial charge < -0.3 is 9.15 Å². The standard InChI is InChI=1S/C33H32O4/c1-4-28(34)31-27-14-26(23-6-5-7-24(12-23)29(35)18-33-15-21(16-33)17-33)25(19-36-3)13-30(27)37-32(31)22-10-8-20(2)9-11-22/h5-14,21H,4,15-19H2,1-3H3. The molecule has 0 aliphatic heterocycles. The Labute approximate surface area is 217 Å². The van der Waals surface area contributed by atoms with Crippen LogP contribution in [-0.2, 0) is 11.3 Å². The van der Waals surface area contributed by atoms with Crippen LogP contribution >= 0.6 is 0 Å². The number of methoxy groups -OCH3 is 1. The first kappa shape index (κ1) is 23.9. The predicted octanol–water partition coefficient (Wildman–Crippen LogP) is 8.19. The molecule has 3 fully saturated rings. The molecular weight excluding hydrogens is 460 g/mol. The molecule has 0 saturated heterocycles. The van der Waals surface area contributed by atoms with E-state index in [1.807, 2.05) is 74.5 Å². The molecule has 2 bridgehead atoms. The van der Waals surface area contributed by atoms with Crippen molar-refractivity contribution in [1.29, 1.82) is 0 Å². The van der Waals surface area contributed by atoms with Gasteiger partial charge >= 0.3 is 0 Å². The first-order valence-electron chi connectivity index (χ1n) is 13.2. The molecule has 0 radical (unpaired) electrons. The molecule has 3 aromatic carbocycles. The van der Waals surface area contributed by atoms with Crippen molar-refractivity contribution < 1.29 is 18.7 Å². The fourth-order valence-electron chi connectivity index (χ4n) is 6.27. The number of carbonyl (C=O) groups excluding carboxylic acids is 2. The Bertz CT molecular complexity index is 1510. The average molecular weight is 493 g/mol. The maximum Gasteiger partial charge on any atom is 0.167 e. The maximum atomic E-state index is 13.2. The maximum absolute atomic E-state index is 13.2. The summed E-state index contributed by atoms with van der Waals surface area (Å²) in [4.78, 5) is 26.4. The van der Waals surface area contributed by atoms with E-state index in [9.17, 15) is 9.59 Å². The summed E-state index contributed by atoms with van der Waals surface area (Å²) in [5, 5.41) is 0.794. The molecule has 4 heteroatoms. The predicted molar refractivity (Wildman–Crippen MR) is 146 cm³/mol. The molecule has 7 rings (SSSR count). The second kappa shape index (κ2) is 9.11. The number of hydrogen-bond acceptors (Lipinski definition) is 4. The average Bonchev–Trinajstić information content (AvgIpc) is 3.23. The van der Waals surface area contributed by atoms with Gasteiger partial charge in [0.25, 0.3) is 0 Å². The summed E-state index contributed by atoms with van der Waals surface area (Å²) in [5.41, 5.74) is 7.20. The van der Waals surface area contributed by atoms with Gasteiger partial charge in [-0.2, -0.15) is 0 Å². The van der Waals surface area contributed by atoms with Crippen molar-refractivity contribution in [3.05, 3.63) is 82.9 Å². The summed E-state index contributed by atoms with van der Waals surface area (Å²) in [6, 6.07) is 20.0. The zero-order valence-electron chi connectivity index (χ0n) is 21.7. The van der Waals surface area contributed by atoms with Crippen molar-refractivity contribution in [3.63, 3.8) is 0 Å². The third-order valence-electron chi connectivity index (χ3n) is 8.32. The second-order valence-corrected chi connectivity index (χ2v) is 11.0. The van der Waals surface area contributed by atoms with Crippen LogP contribution in [0.25, 0.3) is 33.4 Å². The number of aryl methyl sites for hydroxylation is 1. The summed E-state index contributed by atoms with van der Waals surface area (Å²) in [6.45, 7) is 4.31. The molecule has 3 aliphatic carbocycles. The first-order valence-corrected chi connectivity index (χ1v) is 13.2. The molecule has 4 nitrogen and oxygen atoms in total. The quantitative estimate of drug-likeness (QED) is 0.221. The molecular formula is C33H32O4. The van der Waals surface area contributed by atoms with E-state index < -0.39 is 0 Å². The summed E-state index contributed by atoms with van der Waals surface area (Å²) < 4.78 is 11.9. The third kappa shape index (κ3) is 4.14. The number of fused-ring (bicyclic) bond motifs is 1. The van der Waals surface area contributed by atoms with Gasteiger partial charge in [-0.05, 0) is 72.4 Å². The van der Waals surface area contributed by atoms with Crippen LogP contribution in [0.15, 0.2) is 65.1 Å². The number of carbonyl (C=O) groups is 2. The molecule has 0 spiro atoms. The molecule has 0 unspecified atom stereocenters. The van der Waals surface area contributed by atoms with Gasteiger partial charge in [-0.3, -0.25) is 9.59 Å². The number of ketones is 2. The van der Waals surface area contributed by atoms with Crippen molar-refractivity contribution in [2.24, 2.45) is 11.3 Å². The van der Waals surface area contributed by atoms with Crippen LogP contribution in [0.1, 0.15) is 70.9 Å². The van der Waals surface area contributed by atoms with Crippen molar-refractivity contribution in [2.45, 2.75) is 52.6 Å². The van der Waals surface area contributed by atoms with Crippen LogP contribution in [0, 0.1) is 18.3 Å². The Morgan fingerprint density at radius 2 is 1.73 bits per heavy atom. The topological polar surface area (TPSA) is 56.5 Å². The molecule has 4 aromatic rings. The highest BCUT2D eigenvalue weighted by molar-refractivity contribution is 6.13. The van der Waals surface area contributed by atoms with Crippen LogP contribution in [0.5, 0.6) is 0 Å². The lowest BCUT2D eigenvalue weighted by atomic mass is 9.43. The van der Waals surface area contributed by atoms with Gasteiger partial charge in [-0.15, -0.1) is 0 Å². The summed E-state index contributed by atoms with van der Waals surface area (Å²) in [5.74, 6) is 1.73. The van der Waals surface area contributed by atoms with Crippen LogP contribution in [0.4, 0.5) is 0 Å². The third-order valence-corrected chi connectivity index (χ3v) is 8.32. The van der Waals surface area contributed by atoms with Gasteiger partial charge in [0.05, 0.1) is 12.2 Å². The smallest absolute Gasteiger partial charge is 0.167 e. The van der Waals surface area contributed by atoms with Gasteiger partial charge in [-0.25, -0.2) is 0 Å². The highest BCUT2D eigenvalue weighted by Gasteiger charge is 2.56. The molecule has 0 N–H and O–H groups in total. The molecule has 37 heavy (non-hydrogen) atoms. The molecule has 1 aromatic heterocycles. The van der Waals surface area contributed by atoms with Crippen LogP contribution in [0.2, 0.25) is 0 Å². The zero-order chi connectivity index (χ0) is 25.7. The number of benzene rings is 3. The van der Waals surface area contributed by atoms with Gasteiger partial charge in [0.1, 0.15) is 11.3 Å². The van der Waals surface area contributed by atoms with Gasteiger partial charge in [0, 0.05) is 36.5 Å². The lowest BCUT2D eigenvalue weighted by molar-refractivity contribution is -0.103. The van der Waals surface area contributed by atoms with E-state index in [4.69, 9.17) is 9.15 Å². The summed E-state index contributed by atoms with van der Waals surface area (Å²) in [6.07, 6.45) is 4.67. The molecule has 0 amide bonds. The van der Waals surface area contributed by atoms with E-state index >= 15 is 0 Å². The van der Waals surface area contributed by atoms with E-state index in [2.05, 4.69) is 0 Å². The Morgan fingerprint density at radius 3 is 2.38 bits per heavy atom. The molecule has 0 atom stereocenters. The minimum absolute atomic E-state index is 0.0438. The Hall–Kier alpha value is -3.50. The molecule has 3 aliphatic rings. The number of hydrogen-bond donors (Lipinski definition) is 0. The fourth-order valence-corrected chi connectivity index (χ4v) is 6.27. The SMILES string of the molecule is CCC(=O)c1c(-c2ccc(C)cc2)oc2cc(COC)c(-c3cccc(C(=O)CC45CC(C4)C5)c3)cc12. The number of furan rings is 1. The van der Waals surface area contributed by atoms with Crippen LogP contribution in [0.3, 0.4) is 0 Å². The minimum Gasteiger partial charge on any atom is -0.455 e. The van der Waals surface area contributed by atoms with E-state index in [0.717, 1.165) is 44.7 Å². The fraction of sp³-hybridized carbons (Fsp3) is 0.333. The first-order chi connectivity index (χ1) is 17.9. The van der Waals surface area contributed by atoms with Crippen molar-refractivity contribution in [3.8, 4) is 22.5 Å². The Kier molecular flexibility index (Phi) is 5.88. The number of ether oxygens (including phenoxy) is 1. The molecule has 188 valence electrons. The van der Waals surface area contributed by atoms with E-state index in [0.29, 0.717) is 36.4 Å². The monoisotopic (exact) mass is 492 g/mol. The number of Topliss-reactive ketones (excluding diaryl/α,β-unsaturated/α-hetero) is 2. The summed E-state index contributed by atoms with van der Waals surface area (Å²) in [7, 11) is 1.67. The van der Waals surface area contributed by atoms with Crippen LogP contribution in [-0.4, -0.2) is 18.7 Å². The normalized spacial score (nSPS) is 19.9. The van der Waals surface area contributed by atoms with Gasteiger partial charge in [-0.1, -0.05) is 55.0 Å². The Balaban J connectivity index is 1.46. The van der Waals surface area contributed by atoms with E-state index in [1.165, 1.54) is 19.3 Å². The highest BCUT2D eigenvalue weighted by Crippen LogP contribution is 2.66. The van der Waals surface area contributed by atoms with Crippen LogP contribution < -0.4 is 0 Å². The number of rotatable bonds is 9. The van der Waals surface area contributed by atoms with E-state index in [1.54, 1.807) is 7.11 Å². The molecule has 3 saturated carbocycles. The van der Waals surface area contributed by atoms with Crippen molar-refractivity contribution in [2.75, 3.05) is 7.11 Å². The zero-order valence-corrected chi connectivity index (χ0v) is 21.7. The minimum atomic E-state index is 0.0438. The van der Waals surface area contributed by atoms with E-state index in [-0.39, 0.29) is 17.0 Å². The van der Waals surface area contributed by atoms with Gasteiger partial charge in [0.2, 0.25) is 0 Å². The van der Waals surface area contributed by atoms with Crippen molar-refractivity contribution in [1.82, 2.24) is 0 Å².